The number of ether oxygens (including phenoxy) is 1. The van der Waals surface area contributed by atoms with E-state index in [1.54, 1.807) is 11.6 Å². The molecule has 2 saturated heterocycles. The van der Waals surface area contributed by atoms with Crippen LogP contribution >= 0.6 is 0 Å². The van der Waals surface area contributed by atoms with Crippen LogP contribution in [0.15, 0.2) is 23.0 Å². The number of piperidine rings is 1. The zero-order valence-electron chi connectivity index (χ0n) is 17.8. The topological polar surface area (TPSA) is 123 Å². The molecule has 5 rings (SSSR count). The van der Waals surface area contributed by atoms with Gasteiger partial charge in [-0.05, 0) is 42.7 Å². The summed E-state index contributed by atoms with van der Waals surface area (Å²) in [6.45, 7) is 1.47. The molecule has 3 aliphatic rings. The molecule has 1 atom stereocenters. The fourth-order valence-corrected chi connectivity index (χ4v) is 5.13. The molecule has 0 radical (unpaired) electrons. The number of para-hydroxylation sites is 1. The highest BCUT2D eigenvalue weighted by Gasteiger charge is 2.37. The van der Waals surface area contributed by atoms with E-state index in [4.69, 9.17) is 9.84 Å². The van der Waals surface area contributed by atoms with Crippen LogP contribution in [0.4, 0.5) is 4.79 Å². The van der Waals surface area contributed by atoms with Crippen molar-refractivity contribution in [3.63, 3.8) is 0 Å². The third kappa shape index (κ3) is 3.38. The lowest BCUT2D eigenvalue weighted by atomic mass is 9.71. The number of hydrogen-bond acceptors (Lipinski definition) is 5. The first-order chi connectivity index (χ1) is 15.3. The molecule has 0 bridgehead atoms. The summed E-state index contributed by atoms with van der Waals surface area (Å²) in [5.74, 6) is -0.0316. The Hall–Kier alpha value is -3.14. The van der Waals surface area contributed by atoms with Crippen LogP contribution < -0.4 is 11.0 Å². The highest BCUT2D eigenvalue weighted by atomic mass is 16.5. The van der Waals surface area contributed by atoms with Crippen LogP contribution in [-0.2, 0) is 21.4 Å². The van der Waals surface area contributed by atoms with Crippen LogP contribution in [0, 0.1) is 5.92 Å². The number of nitrogens with one attached hydrogen (secondary N) is 1. The number of nitrogens with zero attached hydrogens (tertiary/aromatic N) is 3. The van der Waals surface area contributed by atoms with Gasteiger partial charge in [-0.1, -0.05) is 12.1 Å². The fourth-order valence-electron chi connectivity index (χ4n) is 5.13. The van der Waals surface area contributed by atoms with Crippen LogP contribution in [0.1, 0.15) is 43.2 Å². The van der Waals surface area contributed by atoms with Crippen LogP contribution in [0.3, 0.4) is 0 Å². The van der Waals surface area contributed by atoms with E-state index in [9.17, 15) is 19.2 Å². The number of fused-ring (bicyclic) bond motifs is 1. The van der Waals surface area contributed by atoms with Crippen molar-refractivity contribution in [2.75, 3.05) is 19.7 Å². The molecule has 2 aromatic rings. The number of aryl methyl sites for hydroxylation is 1. The molecule has 10 heteroatoms. The highest BCUT2D eigenvalue weighted by Crippen LogP contribution is 2.44. The second kappa shape index (κ2) is 7.77. The molecular weight excluding hydrogens is 416 g/mol. The number of aromatic nitrogens is 2. The number of rotatable bonds is 5. The third-order valence-corrected chi connectivity index (χ3v) is 7.02. The van der Waals surface area contributed by atoms with E-state index >= 15 is 0 Å². The molecule has 1 saturated carbocycles. The summed E-state index contributed by atoms with van der Waals surface area (Å²) in [5, 5.41) is 11.2. The number of carbonyl (C=O) groups excluding carboxylic acids is 2. The number of hydrogen-bond donors (Lipinski definition) is 2. The summed E-state index contributed by atoms with van der Waals surface area (Å²) in [5.41, 5.74) is 2.38. The zero-order valence-corrected chi connectivity index (χ0v) is 17.8. The summed E-state index contributed by atoms with van der Waals surface area (Å²) in [4.78, 5) is 49.1. The van der Waals surface area contributed by atoms with Gasteiger partial charge in [0, 0.05) is 20.1 Å². The van der Waals surface area contributed by atoms with Crippen molar-refractivity contribution in [1.82, 2.24) is 19.4 Å². The van der Waals surface area contributed by atoms with Gasteiger partial charge in [0.25, 0.3) is 0 Å². The molecule has 1 aromatic carbocycles. The summed E-state index contributed by atoms with van der Waals surface area (Å²) >= 11 is 0. The molecule has 2 N–H and O–H groups in total. The van der Waals surface area contributed by atoms with E-state index in [0.29, 0.717) is 43.5 Å². The van der Waals surface area contributed by atoms with Gasteiger partial charge >= 0.3 is 11.8 Å². The molecule has 10 nitrogen and oxygen atoms in total. The summed E-state index contributed by atoms with van der Waals surface area (Å²) in [6.07, 6.45) is 1.48. The largest absolute Gasteiger partial charge is 0.465 e. The predicted molar refractivity (Wildman–Crippen MR) is 113 cm³/mol. The first-order valence-electron chi connectivity index (χ1n) is 11.0. The molecule has 1 aromatic heterocycles. The van der Waals surface area contributed by atoms with Gasteiger partial charge in [0.2, 0.25) is 11.8 Å². The number of carboxylic acid groups (broad SMARTS) is 1. The smallest absolute Gasteiger partial charge is 0.407 e. The fraction of sp³-hybridized carbons (Fsp3) is 0.545. The van der Waals surface area contributed by atoms with Crippen LogP contribution in [0.25, 0.3) is 11.0 Å². The van der Waals surface area contributed by atoms with Gasteiger partial charge in [0.05, 0.1) is 30.2 Å². The maximum absolute atomic E-state index is 13.0. The second-order valence-electron chi connectivity index (χ2n) is 9.07. The average Bonchev–Trinajstić information content (AvgIpc) is 2.93. The predicted octanol–water partition coefficient (Wildman–Crippen LogP) is 1.19. The first kappa shape index (κ1) is 20.7. The maximum atomic E-state index is 13.0. The minimum atomic E-state index is -0.906. The van der Waals surface area contributed by atoms with Crippen molar-refractivity contribution >= 4 is 28.9 Å². The van der Waals surface area contributed by atoms with E-state index in [0.717, 1.165) is 23.9 Å². The van der Waals surface area contributed by atoms with E-state index in [1.807, 2.05) is 18.2 Å². The highest BCUT2D eigenvalue weighted by molar-refractivity contribution is 6.00. The molecule has 3 amide bonds. The lowest BCUT2D eigenvalue weighted by Gasteiger charge is -2.40. The van der Waals surface area contributed by atoms with Gasteiger partial charge < -0.3 is 14.7 Å². The van der Waals surface area contributed by atoms with E-state index in [2.05, 4.69) is 5.32 Å². The number of benzene rings is 1. The van der Waals surface area contributed by atoms with Crippen molar-refractivity contribution in [3.8, 4) is 0 Å². The Labute approximate surface area is 183 Å². The Morgan fingerprint density at radius 1 is 1.22 bits per heavy atom. The third-order valence-electron chi connectivity index (χ3n) is 7.02. The minimum absolute atomic E-state index is 0.0167. The Morgan fingerprint density at radius 2 is 1.97 bits per heavy atom. The lowest BCUT2D eigenvalue weighted by molar-refractivity contribution is -0.135. The van der Waals surface area contributed by atoms with Gasteiger partial charge in [-0.25, -0.2) is 9.59 Å². The van der Waals surface area contributed by atoms with Crippen molar-refractivity contribution in [1.29, 1.82) is 0 Å². The molecule has 32 heavy (non-hydrogen) atoms. The molecule has 2 aliphatic heterocycles. The van der Waals surface area contributed by atoms with Crippen LogP contribution in [0.5, 0.6) is 0 Å². The van der Waals surface area contributed by atoms with E-state index in [1.165, 1.54) is 9.47 Å². The van der Waals surface area contributed by atoms with Crippen molar-refractivity contribution < 1.29 is 24.2 Å². The Balaban J connectivity index is 1.30. The maximum Gasteiger partial charge on any atom is 0.407 e. The minimum Gasteiger partial charge on any atom is -0.465 e. The van der Waals surface area contributed by atoms with Crippen LogP contribution in [0.2, 0.25) is 0 Å². The number of likely N-dealkylation sites (tertiary alicyclic amines) is 1. The molecule has 1 aliphatic carbocycles. The summed E-state index contributed by atoms with van der Waals surface area (Å²) in [6, 6.07) is 5.12. The molecule has 3 fully saturated rings. The summed E-state index contributed by atoms with van der Waals surface area (Å²) < 4.78 is 8.97. The zero-order chi connectivity index (χ0) is 22.6. The Kier molecular flexibility index (Phi) is 5.04. The summed E-state index contributed by atoms with van der Waals surface area (Å²) in [7, 11) is 1.72. The van der Waals surface area contributed by atoms with Crippen molar-refractivity contribution in [2.45, 2.75) is 43.7 Å². The monoisotopic (exact) mass is 442 g/mol. The van der Waals surface area contributed by atoms with Gasteiger partial charge in [-0.15, -0.1) is 0 Å². The first-order valence-corrected chi connectivity index (χ1v) is 11.0. The average molecular weight is 442 g/mol. The van der Waals surface area contributed by atoms with Gasteiger partial charge in [0.15, 0.2) is 0 Å². The Bertz CT molecular complexity index is 1160. The lowest BCUT2D eigenvalue weighted by Crippen LogP contribution is -2.54. The Morgan fingerprint density at radius 3 is 2.66 bits per heavy atom. The number of amides is 3. The van der Waals surface area contributed by atoms with Gasteiger partial charge in [0.1, 0.15) is 6.04 Å². The number of imide groups is 1. The number of carbonyl (C=O) groups is 3. The quantitative estimate of drug-likeness (QED) is 0.671. The molecule has 1 unspecified atom stereocenters. The normalized spacial score (nSPS) is 26.0. The molecule has 170 valence electrons. The number of imidazole rings is 1. The van der Waals surface area contributed by atoms with E-state index < -0.39 is 18.0 Å². The second-order valence-corrected chi connectivity index (χ2v) is 9.07. The van der Waals surface area contributed by atoms with Crippen LogP contribution in [-0.4, -0.2) is 62.8 Å². The van der Waals surface area contributed by atoms with Gasteiger partial charge in [-0.2, -0.15) is 0 Å². The SMILES string of the molecule is Cn1c(=O)n(C2CCC(=O)NC2=O)c2cccc(C3CC(COC4CN(C(=O)O)C4)C3)c21. The standard InChI is InChI=1S/C22H26N4O6/c1-24-19-15(13-7-12(8-13)11-32-14-9-25(10-14)22(30)31)3-2-4-16(19)26(21(24)29)17-5-6-18(27)23-20(17)28/h2-4,12-14,17H,5-11H2,1H3,(H,30,31)(H,23,27,28). The van der Waals surface area contributed by atoms with Crippen molar-refractivity contribution in [2.24, 2.45) is 13.0 Å². The molecule has 3 heterocycles. The van der Waals surface area contributed by atoms with Crippen molar-refractivity contribution in [3.05, 3.63) is 34.2 Å². The van der Waals surface area contributed by atoms with Gasteiger partial charge in [-0.3, -0.25) is 24.0 Å². The molecule has 0 spiro atoms. The van der Waals surface area contributed by atoms with E-state index in [-0.39, 0.29) is 24.1 Å². The molecular formula is C22H26N4O6.